The quantitative estimate of drug-likeness (QED) is 0.841. The summed E-state index contributed by atoms with van der Waals surface area (Å²) in [6.45, 7) is 3.30. The highest BCUT2D eigenvalue weighted by Crippen LogP contribution is 2.45. The van der Waals surface area contributed by atoms with Crippen LogP contribution < -0.4 is 5.63 Å². The molecule has 26 heavy (non-hydrogen) atoms. The smallest absolute Gasteiger partial charge is 0.336 e. The monoisotopic (exact) mass is 355 g/mol. The fourth-order valence-electron chi connectivity index (χ4n) is 4.73. The molecular weight excluding hydrogens is 330 g/mol. The van der Waals surface area contributed by atoms with Crippen LogP contribution in [0.3, 0.4) is 0 Å². The van der Waals surface area contributed by atoms with Gasteiger partial charge >= 0.3 is 5.63 Å². The van der Waals surface area contributed by atoms with Gasteiger partial charge < -0.3 is 14.4 Å². The highest BCUT2D eigenvalue weighted by Gasteiger charge is 2.45. The maximum absolute atomic E-state index is 12.9. The van der Waals surface area contributed by atoms with E-state index in [2.05, 4.69) is 0 Å². The number of aliphatic hydroxyl groups excluding tert-OH is 1. The first-order chi connectivity index (χ1) is 12.5. The van der Waals surface area contributed by atoms with Crippen molar-refractivity contribution in [2.24, 2.45) is 5.41 Å². The van der Waals surface area contributed by atoms with E-state index in [1.807, 2.05) is 30.0 Å². The molecular formula is C21H25NO4. The maximum Gasteiger partial charge on any atom is 0.336 e. The first-order valence-corrected chi connectivity index (χ1v) is 9.46. The van der Waals surface area contributed by atoms with Crippen LogP contribution in [0.2, 0.25) is 0 Å². The van der Waals surface area contributed by atoms with Crippen molar-refractivity contribution < 1.29 is 14.3 Å². The van der Waals surface area contributed by atoms with Gasteiger partial charge in [-0.1, -0.05) is 18.6 Å². The summed E-state index contributed by atoms with van der Waals surface area (Å²) in [5.74, 6) is 0.0238. The number of piperidine rings is 1. The summed E-state index contributed by atoms with van der Waals surface area (Å²) < 4.78 is 5.29. The lowest BCUT2D eigenvalue weighted by molar-refractivity contribution is -0.135. The molecule has 138 valence electrons. The first kappa shape index (κ1) is 17.3. The highest BCUT2D eigenvalue weighted by atomic mass is 16.4. The van der Waals surface area contributed by atoms with Crippen molar-refractivity contribution in [2.45, 2.75) is 51.6 Å². The molecule has 2 aliphatic rings. The third-order valence-electron chi connectivity index (χ3n) is 6.15. The Morgan fingerprint density at radius 1 is 1.31 bits per heavy atom. The van der Waals surface area contributed by atoms with Crippen LogP contribution in [0.15, 0.2) is 33.5 Å². The highest BCUT2D eigenvalue weighted by molar-refractivity contribution is 5.87. The number of fused-ring (bicyclic) bond motifs is 1. The Labute approximate surface area is 152 Å². The molecule has 5 heteroatoms. The van der Waals surface area contributed by atoms with E-state index >= 15 is 0 Å². The Balaban J connectivity index is 1.58. The average Bonchev–Trinajstić information content (AvgIpc) is 2.94. The van der Waals surface area contributed by atoms with E-state index in [4.69, 9.17) is 4.42 Å². The number of aliphatic hydroxyl groups is 1. The molecule has 4 rings (SSSR count). The molecule has 0 bridgehead atoms. The van der Waals surface area contributed by atoms with Crippen molar-refractivity contribution in [3.63, 3.8) is 0 Å². The maximum atomic E-state index is 12.9. The van der Waals surface area contributed by atoms with E-state index in [0.29, 0.717) is 17.7 Å². The zero-order chi connectivity index (χ0) is 18.3. The van der Waals surface area contributed by atoms with Crippen LogP contribution in [0.4, 0.5) is 0 Å². The zero-order valence-corrected chi connectivity index (χ0v) is 15.2. The number of likely N-dealkylation sites (tertiary alicyclic amines) is 1. The van der Waals surface area contributed by atoms with E-state index < -0.39 is 5.63 Å². The molecule has 2 heterocycles. The van der Waals surface area contributed by atoms with Gasteiger partial charge in [-0.25, -0.2) is 4.79 Å². The Bertz CT molecular complexity index is 903. The molecule has 1 spiro atoms. The van der Waals surface area contributed by atoms with Gasteiger partial charge in [0.15, 0.2) is 0 Å². The molecule has 2 fully saturated rings. The van der Waals surface area contributed by atoms with Crippen LogP contribution >= 0.6 is 0 Å². The minimum absolute atomic E-state index is 0.0238. The van der Waals surface area contributed by atoms with Crippen LogP contribution in [0.5, 0.6) is 0 Å². The van der Waals surface area contributed by atoms with E-state index in [-0.39, 0.29) is 23.8 Å². The summed E-state index contributed by atoms with van der Waals surface area (Å²) in [5.41, 5.74) is 1.71. The molecule has 1 saturated heterocycles. The Kier molecular flexibility index (Phi) is 4.35. The number of hydrogen-bond donors (Lipinski definition) is 1. The Morgan fingerprint density at radius 2 is 2.12 bits per heavy atom. The number of hydrogen-bond acceptors (Lipinski definition) is 4. The van der Waals surface area contributed by atoms with Crippen molar-refractivity contribution in [1.82, 2.24) is 4.90 Å². The van der Waals surface area contributed by atoms with E-state index in [1.54, 1.807) is 0 Å². The van der Waals surface area contributed by atoms with E-state index in [1.165, 1.54) is 6.07 Å². The summed E-state index contributed by atoms with van der Waals surface area (Å²) in [6.07, 6.45) is 4.69. The molecule has 1 amide bonds. The Morgan fingerprint density at radius 3 is 2.88 bits per heavy atom. The first-order valence-electron chi connectivity index (χ1n) is 9.46. The van der Waals surface area contributed by atoms with Crippen molar-refractivity contribution in [2.75, 3.05) is 13.1 Å². The average molecular weight is 355 g/mol. The Hall–Kier alpha value is -2.14. The topological polar surface area (TPSA) is 70.8 Å². The molecule has 0 radical (unpaired) electrons. The molecule has 2 atom stereocenters. The largest absolute Gasteiger partial charge is 0.423 e. The van der Waals surface area contributed by atoms with Gasteiger partial charge in [0.2, 0.25) is 5.91 Å². The fraction of sp³-hybridized carbons (Fsp3) is 0.524. The standard InChI is InChI=1S/C21H25NO4/c1-14-5-6-16-15(12-20(25)26-17(16)10-14)11-19(24)22-9-3-8-21(13-22)7-2-4-18(21)23/h5-6,10,12,18,23H,2-4,7-9,11,13H2,1H3/t18-,21+/m1/s1. The van der Waals surface area contributed by atoms with E-state index in [0.717, 1.165) is 49.6 Å². The summed E-state index contributed by atoms with van der Waals surface area (Å²) in [7, 11) is 0. The fourth-order valence-corrected chi connectivity index (χ4v) is 4.73. The lowest BCUT2D eigenvalue weighted by Gasteiger charge is -2.42. The van der Waals surface area contributed by atoms with Crippen LogP contribution in [-0.4, -0.2) is 35.1 Å². The van der Waals surface area contributed by atoms with Crippen LogP contribution in [0, 0.1) is 12.3 Å². The van der Waals surface area contributed by atoms with Gasteiger partial charge in [0.05, 0.1) is 12.5 Å². The third kappa shape index (κ3) is 3.05. The lowest BCUT2D eigenvalue weighted by Crippen LogP contribution is -2.49. The number of rotatable bonds is 2. The molecule has 2 aromatic rings. The molecule has 1 aliphatic carbocycles. The third-order valence-corrected chi connectivity index (χ3v) is 6.15. The zero-order valence-electron chi connectivity index (χ0n) is 15.2. The van der Waals surface area contributed by atoms with Gasteiger partial charge in [0.25, 0.3) is 0 Å². The number of carbonyl (C=O) groups is 1. The molecule has 1 saturated carbocycles. The van der Waals surface area contributed by atoms with Crippen molar-refractivity contribution in [3.05, 3.63) is 45.8 Å². The minimum atomic E-state index is -0.424. The molecule has 1 aromatic carbocycles. The van der Waals surface area contributed by atoms with Crippen LogP contribution in [-0.2, 0) is 11.2 Å². The van der Waals surface area contributed by atoms with Crippen molar-refractivity contribution in [3.8, 4) is 0 Å². The van der Waals surface area contributed by atoms with Crippen molar-refractivity contribution >= 4 is 16.9 Å². The molecule has 1 aliphatic heterocycles. The SMILES string of the molecule is Cc1ccc2c(CC(=O)N3CCC[C@@]4(CCC[C@H]4O)C3)cc(=O)oc2c1. The van der Waals surface area contributed by atoms with Gasteiger partial charge in [0.1, 0.15) is 5.58 Å². The number of benzene rings is 1. The summed E-state index contributed by atoms with van der Waals surface area (Å²) >= 11 is 0. The molecule has 5 nitrogen and oxygen atoms in total. The molecule has 1 aromatic heterocycles. The second-order valence-corrected chi connectivity index (χ2v) is 7.96. The number of carbonyl (C=O) groups excluding carboxylic acids is 1. The number of amides is 1. The lowest BCUT2D eigenvalue weighted by atomic mass is 9.76. The van der Waals surface area contributed by atoms with Crippen LogP contribution in [0.25, 0.3) is 11.0 Å². The second kappa shape index (κ2) is 6.54. The van der Waals surface area contributed by atoms with Gasteiger partial charge in [0, 0.05) is 30.0 Å². The van der Waals surface area contributed by atoms with Gasteiger partial charge in [-0.2, -0.15) is 0 Å². The summed E-state index contributed by atoms with van der Waals surface area (Å²) in [5, 5.41) is 11.2. The van der Waals surface area contributed by atoms with E-state index in [9.17, 15) is 14.7 Å². The number of nitrogens with zero attached hydrogens (tertiary/aromatic N) is 1. The normalized spacial score (nSPS) is 25.9. The molecule has 1 N–H and O–H groups in total. The molecule has 0 unspecified atom stereocenters. The number of aryl methyl sites for hydroxylation is 1. The van der Waals surface area contributed by atoms with Crippen molar-refractivity contribution in [1.29, 1.82) is 0 Å². The summed E-state index contributed by atoms with van der Waals surface area (Å²) in [6, 6.07) is 7.13. The minimum Gasteiger partial charge on any atom is -0.423 e. The second-order valence-electron chi connectivity index (χ2n) is 7.96. The summed E-state index contributed by atoms with van der Waals surface area (Å²) in [4.78, 5) is 26.7. The van der Waals surface area contributed by atoms with Gasteiger partial charge in [-0.3, -0.25) is 4.79 Å². The van der Waals surface area contributed by atoms with Gasteiger partial charge in [-0.05, 0) is 49.8 Å². The predicted molar refractivity (Wildman–Crippen MR) is 99.0 cm³/mol. The van der Waals surface area contributed by atoms with Gasteiger partial charge in [-0.15, -0.1) is 0 Å². The van der Waals surface area contributed by atoms with Crippen LogP contribution in [0.1, 0.15) is 43.2 Å². The predicted octanol–water partition coefficient (Wildman–Crippen LogP) is 2.80.